The molecule has 7 heteroatoms. The van der Waals surface area contributed by atoms with E-state index in [0.29, 0.717) is 16.2 Å². The summed E-state index contributed by atoms with van der Waals surface area (Å²) in [6.45, 7) is 0. The first-order chi connectivity index (χ1) is 7.72. The Morgan fingerprint density at radius 2 is 2.19 bits per heavy atom. The molecule has 0 unspecified atom stereocenters. The molecule has 2 aromatic heterocycles. The molecule has 2 N–H and O–H groups in total. The highest BCUT2D eigenvalue weighted by molar-refractivity contribution is 7.98. The van der Waals surface area contributed by atoms with Gasteiger partial charge in [0.15, 0.2) is 5.65 Å². The lowest BCUT2D eigenvalue weighted by Crippen LogP contribution is -2.05. The minimum Gasteiger partial charge on any atom is -0.382 e. The van der Waals surface area contributed by atoms with E-state index in [1.165, 1.54) is 22.5 Å². The zero-order chi connectivity index (χ0) is 11.7. The van der Waals surface area contributed by atoms with Crippen molar-refractivity contribution < 1.29 is 0 Å². The van der Waals surface area contributed by atoms with Gasteiger partial charge in [0.2, 0.25) is 0 Å². The van der Waals surface area contributed by atoms with Gasteiger partial charge in [0.1, 0.15) is 34.1 Å². The van der Waals surface area contributed by atoms with Crippen molar-refractivity contribution in [3.8, 4) is 12.1 Å². The van der Waals surface area contributed by atoms with Crippen LogP contribution in [-0.2, 0) is 0 Å². The Kier molecular flexibility index (Phi) is 2.39. The molecule has 0 aliphatic heterocycles. The van der Waals surface area contributed by atoms with Gasteiger partial charge >= 0.3 is 0 Å². The summed E-state index contributed by atoms with van der Waals surface area (Å²) in [4.78, 5) is 4.19. The molecule has 0 atom stereocenters. The first kappa shape index (κ1) is 10.3. The van der Waals surface area contributed by atoms with Gasteiger partial charge in [-0.3, -0.25) is 0 Å². The predicted molar refractivity (Wildman–Crippen MR) is 58.6 cm³/mol. The van der Waals surface area contributed by atoms with E-state index in [0.717, 1.165) is 0 Å². The molecular formula is C9H6N6S. The van der Waals surface area contributed by atoms with Crippen LogP contribution in [0.15, 0.2) is 11.2 Å². The maximum Gasteiger partial charge on any atom is 0.176 e. The average molecular weight is 230 g/mol. The number of anilines is 1. The van der Waals surface area contributed by atoms with Gasteiger partial charge in [-0.25, -0.2) is 4.98 Å². The summed E-state index contributed by atoms with van der Waals surface area (Å²) in [6, 6.07) is 3.95. The Bertz CT molecular complexity index is 645. The molecule has 0 aromatic carbocycles. The number of nitrogens with zero attached hydrogens (tertiary/aromatic N) is 5. The molecule has 0 saturated carbocycles. The highest BCUT2D eigenvalue weighted by Gasteiger charge is 2.15. The van der Waals surface area contributed by atoms with E-state index in [1.54, 1.807) is 6.26 Å². The zero-order valence-electron chi connectivity index (χ0n) is 8.30. The first-order valence-electron chi connectivity index (χ1n) is 4.24. The molecule has 16 heavy (non-hydrogen) atoms. The van der Waals surface area contributed by atoms with Crippen molar-refractivity contribution >= 4 is 23.2 Å². The normalized spacial score (nSPS) is 9.94. The number of aromatic nitrogens is 3. The molecule has 0 amide bonds. The van der Waals surface area contributed by atoms with Crippen LogP contribution in [0.25, 0.3) is 5.65 Å². The van der Waals surface area contributed by atoms with E-state index in [4.69, 9.17) is 16.3 Å². The van der Waals surface area contributed by atoms with Gasteiger partial charge in [-0.2, -0.15) is 20.1 Å². The fourth-order valence-corrected chi connectivity index (χ4v) is 1.86. The van der Waals surface area contributed by atoms with Crippen molar-refractivity contribution in [1.29, 1.82) is 10.5 Å². The molecule has 0 bridgehead atoms. The van der Waals surface area contributed by atoms with Crippen molar-refractivity contribution in [1.82, 2.24) is 14.6 Å². The third-order valence-electron chi connectivity index (χ3n) is 2.08. The topological polar surface area (TPSA) is 104 Å². The molecule has 0 spiro atoms. The minimum absolute atomic E-state index is 0.207. The largest absolute Gasteiger partial charge is 0.382 e. The Labute approximate surface area is 95.3 Å². The summed E-state index contributed by atoms with van der Waals surface area (Å²) >= 11 is 1.31. The molecule has 78 valence electrons. The highest BCUT2D eigenvalue weighted by Crippen LogP contribution is 2.24. The number of thioether (sulfide) groups is 1. The van der Waals surface area contributed by atoms with Crippen LogP contribution >= 0.6 is 11.8 Å². The smallest absolute Gasteiger partial charge is 0.176 e. The predicted octanol–water partition coefficient (Wildman–Crippen LogP) is 0.777. The van der Waals surface area contributed by atoms with Crippen molar-refractivity contribution in [3.63, 3.8) is 0 Å². The average Bonchev–Trinajstić information content (AvgIpc) is 2.71. The van der Waals surface area contributed by atoms with Gasteiger partial charge in [-0.05, 0) is 6.26 Å². The summed E-state index contributed by atoms with van der Waals surface area (Å²) < 4.78 is 1.30. The van der Waals surface area contributed by atoms with Crippen LogP contribution in [0.5, 0.6) is 0 Å². The van der Waals surface area contributed by atoms with Crippen LogP contribution in [0.3, 0.4) is 0 Å². The number of nitrogen functional groups attached to an aromatic ring is 1. The molecule has 0 saturated heterocycles. The van der Waals surface area contributed by atoms with E-state index in [1.807, 2.05) is 12.1 Å². The standard InChI is InChI=1S/C9H6N6S/c1-16-9-6(3-11)7(12)15-8(14-9)5(2-10)4-13-15/h4H,12H2,1H3. The fourth-order valence-electron chi connectivity index (χ4n) is 1.33. The van der Waals surface area contributed by atoms with Crippen LogP contribution in [0.2, 0.25) is 0 Å². The molecule has 2 aromatic rings. The van der Waals surface area contributed by atoms with Crippen molar-refractivity contribution in [3.05, 3.63) is 17.3 Å². The summed E-state index contributed by atoms with van der Waals surface area (Å²) in [7, 11) is 0. The van der Waals surface area contributed by atoms with E-state index in [9.17, 15) is 0 Å². The van der Waals surface area contributed by atoms with Crippen LogP contribution in [0.1, 0.15) is 11.1 Å². The maximum atomic E-state index is 8.96. The Morgan fingerprint density at radius 3 is 2.75 bits per heavy atom. The van der Waals surface area contributed by atoms with E-state index < -0.39 is 0 Å². The second kappa shape index (κ2) is 3.72. The lowest BCUT2D eigenvalue weighted by Gasteiger charge is -2.04. The summed E-state index contributed by atoms with van der Waals surface area (Å²) in [6.07, 6.45) is 3.17. The second-order valence-electron chi connectivity index (χ2n) is 2.90. The highest BCUT2D eigenvalue weighted by atomic mass is 32.2. The van der Waals surface area contributed by atoms with Crippen molar-refractivity contribution in [2.24, 2.45) is 0 Å². The number of nitriles is 2. The van der Waals surface area contributed by atoms with E-state index in [-0.39, 0.29) is 11.4 Å². The van der Waals surface area contributed by atoms with Gasteiger partial charge in [0, 0.05) is 0 Å². The number of nitrogens with two attached hydrogens (primary N) is 1. The Morgan fingerprint density at radius 1 is 1.44 bits per heavy atom. The minimum atomic E-state index is 0.207. The van der Waals surface area contributed by atoms with Crippen LogP contribution < -0.4 is 5.73 Å². The van der Waals surface area contributed by atoms with Gasteiger partial charge in [0.25, 0.3) is 0 Å². The SMILES string of the molecule is CSc1nc2c(C#N)cnn2c(N)c1C#N. The first-order valence-corrected chi connectivity index (χ1v) is 5.46. The molecule has 2 rings (SSSR count). The quantitative estimate of drug-likeness (QED) is 0.573. The molecule has 0 radical (unpaired) electrons. The Balaban J connectivity index is 2.92. The molecule has 6 nitrogen and oxygen atoms in total. The van der Waals surface area contributed by atoms with Gasteiger partial charge in [-0.1, -0.05) is 0 Å². The van der Waals surface area contributed by atoms with Crippen molar-refractivity contribution in [2.45, 2.75) is 5.03 Å². The van der Waals surface area contributed by atoms with E-state index in [2.05, 4.69) is 10.1 Å². The van der Waals surface area contributed by atoms with Gasteiger partial charge in [0.05, 0.1) is 6.20 Å². The maximum absolute atomic E-state index is 8.96. The number of hydrogen-bond acceptors (Lipinski definition) is 6. The monoisotopic (exact) mass is 230 g/mol. The molecule has 2 heterocycles. The zero-order valence-corrected chi connectivity index (χ0v) is 9.12. The third-order valence-corrected chi connectivity index (χ3v) is 2.76. The van der Waals surface area contributed by atoms with Crippen LogP contribution in [-0.4, -0.2) is 20.9 Å². The number of rotatable bonds is 1. The van der Waals surface area contributed by atoms with Crippen molar-refractivity contribution in [2.75, 3.05) is 12.0 Å². The lowest BCUT2D eigenvalue weighted by molar-refractivity contribution is 0.921. The molecular weight excluding hydrogens is 224 g/mol. The number of fused-ring (bicyclic) bond motifs is 1. The van der Waals surface area contributed by atoms with Crippen LogP contribution in [0, 0.1) is 22.7 Å². The fraction of sp³-hybridized carbons (Fsp3) is 0.111. The second-order valence-corrected chi connectivity index (χ2v) is 3.69. The Hall–Kier alpha value is -2.25. The van der Waals surface area contributed by atoms with E-state index >= 15 is 0 Å². The van der Waals surface area contributed by atoms with Gasteiger partial charge in [-0.15, -0.1) is 11.8 Å². The summed E-state index contributed by atoms with van der Waals surface area (Å²) in [5.74, 6) is 0.207. The molecule has 0 aliphatic rings. The molecule has 0 aliphatic carbocycles. The van der Waals surface area contributed by atoms with Gasteiger partial charge < -0.3 is 5.73 Å². The lowest BCUT2D eigenvalue weighted by atomic mass is 10.3. The third kappa shape index (κ3) is 1.27. The summed E-state index contributed by atoms with van der Waals surface area (Å²) in [5, 5.41) is 22.2. The number of hydrogen-bond donors (Lipinski definition) is 1. The van der Waals surface area contributed by atoms with Crippen LogP contribution in [0.4, 0.5) is 5.82 Å². The summed E-state index contributed by atoms with van der Waals surface area (Å²) in [5.41, 5.74) is 6.79. The molecule has 0 fully saturated rings.